The van der Waals surface area contributed by atoms with Crippen molar-refractivity contribution in [3.8, 4) is 0 Å². The lowest BCUT2D eigenvalue weighted by molar-refractivity contribution is -0.156. The van der Waals surface area contributed by atoms with Crippen LogP contribution in [0.15, 0.2) is 11.5 Å². The van der Waals surface area contributed by atoms with Crippen LogP contribution in [-0.2, 0) is 28.5 Å². The van der Waals surface area contributed by atoms with Crippen LogP contribution in [0, 0.1) is 17.3 Å². The molecule has 1 saturated heterocycles. The fourth-order valence-electron chi connectivity index (χ4n) is 2.67. The first-order chi connectivity index (χ1) is 9.88. The van der Waals surface area contributed by atoms with Gasteiger partial charge in [0.05, 0.1) is 39.3 Å². The van der Waals surface area contributed by atoms with Gasteiger partial charge in [-0.2, -0.15) is 0 Å². The third-order valence-corrected chi connectivity index (χ3v) is 3.90. The Morgan fingerprint density at radius 2 is 1.43 bits per heavy atom. The summed E-state index contributed by atoms with van der Waals surface area (Å²) in [5.74, 6) is -1.43. The van der Waals surface area contributed by atoms with Gasteiger partial charge in [-0.05, 0) is 12.8 Å². The summed E-state index contributed by atoms with van der Waals surface area (Å²) >= 11 is 0. The quantitative estimate of drug-likeness (QED) is 0.722. The molecule has 1 heterocycles. The van der Waals surface area contributed by atoms with Crippen LogP contribution in [0.25, 0.3) is 0 Å². The fourth-order valence-corrected chi connectivity index (χ4v) is 2.67. The van der Waals surface area contributed by atoms with Crippen LogP contribution >= 0.6 is 0 Å². The smallest absolute Gasteiger partial charge is 0.309 e. The molecule has 0 radical (unpaired) electrons. The minimum atomic E-state index is -0.535. The standard InChI is InChI=1S/C15H22O6/c1-15(2)7-20-14(21-8-15)9-5-10(12(16)18-3)11(6-9)13(17)19-4/h10-11H,5-8H2,1-4H3. The monoisotopic (exact) mass is 298 g/mol. The lowest BCUT2D eigenvalue weighted by Crippen LogP contribution is -2.31. The minimum Gasteiger partial charge on any atom is -0.469 e. The second-order valence-electron chi connectivity index (χ2n) is 6.30. The van der Waals surface area contributed by atoms with Crippen LogP contribution in [0.3, 0.4) is 0 Å². The molecule has 0 aromatic carbocycles. The Balaban J connectivity index is 2.17. The first-order valence-corrected chi connectivity index (χ1v) is 7.01. The van der Waals surface area contributed by atoms with Crippen LogP contribution < -0.4 is 0 Å². The van der Waals surface area contributed by atoms with Gasteiger partial charge in [-0.25, -0.2) is 0 Å². The molecule has 2 aliphatic rings. The van der Waals surface area contributed by atoms with Gasteiger partial charge in [-0.3, -0.25) is 9.59 Å². The molecule has 6 heteroatoms. The van der Waals surface area contributed by atoms with Crippen LogP contribution in [-0.4, -0.2) is 39.4 Å². The molecule has 2 fully saturated rings. The fraction of sp³-hybridized carbons (Fsp3) is 0.733. The van der Waals surface area contributed by atoms with E-state index in [4.69, 9.17) is 18.9 Å². The van der Waals surface area contributed by atoms with Crippen molar-refractivity contribution in [2.24, 2.45) is 17.3 Å². The summed E-state index contributed by atoms with van der Waals surface area (Å²) in [6.45, 7) is 5.21. The van der Waals surface area contributed by atoms with E-state index in [0.29, 0.717) is 32.0 Å². The summed E-state index contributed by atoms with van der Waals surface area (Å²) < 4.78 is 20.9. The summed E-state index contributed by atoms with van der Waals surface area (Å²) in [5, 5.41) is 0. The molecule has 0 spiro atoms. The maximum Gasteiger partial charge on any atom is 0.309 e. The maximum atomic E-state index is 11.8. The summed E-state index contributed by atoms with van der Waals surface area (Å²) in [7, 11) is 2.63. The van der Waals surface area contributed by atoms with Crippen LogP contribution in [0.2, 0.25) is 0 Å². The predicted molar refractivity (Wildman–Crippen MR) is 73.0 cm³/mol. The van der Waals surface area contributed by atoms with Gasteiger partial charge in [-0.15, -0.1) is 0 Å². The molecule has 21 heavy (non-hydrogen) atoms. The SMILES string of the molecule is COC(=O)C1CC(=C2OCC(C)(C)CO2)CC1C(=O)OC. The van der Waals surface area contributed by atoms with Crippen molar-refractivity contribution in [3.05, 3.63) is 11.5 Å². The molecule has 2 rings (SSSR count). The first kappa shape index (κ1) is 15.7. The number of ether oxygens (including phenoxy) is 4. The van der Waals surface area contributed by atoms with E-state index in [1.165, 1.54) is 14.2 Å². The highest BCUT2D eigenvalue weighted by molar-refractivity contribution is 5.83. The molecular weight excluding hydrogens is 276 g/mol. The number of allylic oxidation sites excluding steroid dienone is 1. The summed E-state index contributed by atoms with van der Waals surface area (Å²) in [6.07, 6.45) is 0.810. The van der Waals surface area contributed by atoms with E-state index < -0.39 is 23.8 Å². The number of hydrogen-bond donors (Lipinski definition) is 0. The third kappa shape index (κ3) is 3.31. The summed E-state index contributed by atoms with van der Waals surface area (Å²) in [6, 6.07) is 0. The molecule has 6 nitrogen and oxygen atoms in total. The van der Waals surface area contributed by atoms with E-state index in [1.54, 1.807) is 0 Å². The second-order valence-corrected chi connectivity index (χ2v) is 6.30. The molecule has 0 bridgehead atoms. The lowest BCUT2D eigenvalue weighted by Gasteiger charge is -2.32. The van der Waals surface area contributed by atoms with Crippen molar-refractivity contribution in [2.75, 3.05) is 27.4 Å². The van der Waals surface area contributed by atoms with Crippen LogP contribution in [0.1, 0.15) is 26.7 Å². The van der Waals surface area contributed by atoms with Crippen molar-refractivity contribution in [3.63, 3.8) is 0 Å². The van der Waals surface area contributed by atoms with Crippen LogP contribution in [0.5, 0.6) is 0 Å². The normalized spacial score (nSPS) is 27.6. The maximum absolute atomic E-state index is 11.8. The van der Waals surface area contributed by atoms with E-state index in [9.17, 15) is 9.59 Å². The Labute approximate surface area is 124 Å². The highest BCUT2D eigenvalue weighted by Crippen LogP contribution is 2.41. The van der Waals surface area contributed by atoms with Crippen molar-refractivity contribution >= 4 is 11.9 Å². The minimum absolute atomic E-state index is 0.0356. The van der Waals surface area contributed by atoms with E-state index in [0.717, 1.165) is 5.57 Å². The Bertz CT molecular complexity index is 427. The molecule has 2 atom stereocenters. The number of hydrogen-bond acceptors (Lipinski definition) is 6. The van der Waals surface area contributed by atoms with Gasteiger partial charge in [0.1, 0.15) is 0 Å². The molecule has 1 aliphatic carbocycles. The van der Waals surface area contributed by atoms with Gasteiger partial charge >= 0.3 is 11.9 Å². The molecule has 0 N–H and O–H groups in total. The topological polar surface area (TPSA) is 71.1 Å². The Morgan fingerprint density at radius 1 is 1.00 bits per heavy atom. The van der Waals surface area contributed by atoms with Gasteiger partial charge in [0.2, 0.25) is 0 Å². The van der Waals surface area contributed by atoms with Gasteiger partial charge < -0.3 is 18.9 Å². The van der Waals surface area contributed by atoms with Crippen molar-refractivity contribution < 1.29 is 28.5 Å². The van der Waals surface area contributed by atoms with Crippen molar-refractivity contribution in [2.45, 2.75) is 26.7 Å². The molecular formula is C15H22O6. The summed E-state index contributed by atoms with van der Waals surface area (Å²) in [4.78, 5) is 23.7. The average Bonchev–Trinajstić information content (AvgIpc) is 2.90. The highest BCUT2D eigenvalue weighted by Gasteiger charge is 2.44. The molecule has 2 unspecified atom stereocenters. The Morgan fingerprint density at radius 3 is 1.81 bits per heavy atom. The molecule has 1 saturated carbocycles. The van der Waals surface area contributed by atoms with Gasteiger partial charge in [0, 0.05) is 11.0 Å². The van der Waals surface area contributed by atoms with Crippen LogP contribution in [0.4, 0.5) is 0 Å². The predicted octanol–water partition coefficient (Wildman–Crippen LogP) is 1.64. The molecule has 118 valence electrons. The molecule has 1 aliphatic heterocycles. The van der Waals surface area contributed by atoms with Crippen molar-refractivity contribution in [1.82, 2.24) is 0 Å². The lowest BCUT2D eigenvalue weighted by atomic mass is 9.96. The van der Waals surface area contributed by atoms with E-state index in [1.807, 2.05) is 0 Å². The van der Waals surface area contributed by atoms with Crippen molar-refractivity contribution in [1.29, 1.82) is 0 Å². The second kappa shape index (κ2) is 5.95. The number of methoxy groups -OCH3 is 2. The van der Waals surface area contributed by atoms with Gasteiger partial charge in [-0.1, -0.05) is 13.8 Å². The third-order valence-electron chi connectivity index (χ3n) is 3.90. The zero-order valence-corrected chi connectivity index (χ0v) is 12.9. The Kier molecular flexibility index (Phi) is 4.44. The van der Waals surface area contributed by atoms with E-state index in [-0.39, 0.29) is 5.41 Å². The Hall–Kier alpha value is -1.72. The number of carbonyl (C=O) groups excluding carboxylic acids is 2. The van der Waals surface area contributed by atoms with E-state index in [2.05, 4.69) is 13.8 Å². The van der Waals surface area contributed by atoms with E-state index >= 15 is 0 Å². The number of esters is 2. The largest absolute Gasteiger partial charge is 0.469 e. The molecule has 0 amide bonds. The zero-order valence-electron chi connectivity index (χ0n) is 12.9. The summed E-state index contributed by atoms with van der Waals surface area (Å²) in [5.41, 5.74) is 0.808. The zero-order chi connectivity index (χ0) is 15.6. The highest BCUT2D eigenvalue weighted by atomic mass is 16.7. The first-order valence-electron chi connectivity index (χ1n) is 7.01. The molecule has 0 aromatic rings. The molecule has 0 aromatic heterocycles. The average molecular weight is 298 g/mol. The van der Waals surface area contributed by atoms with Gasteiger partial charge in [0.25, 0.3) is 5.95 Å². The number of carbonyl (C=O) groups is 2. The van der Waals surface area contributed by atoms with Gasteiger partial charge in [0.15, 0.2) is 0 Å². The number of rotatable bonds is 2.